The van der Waals surface area contributed by atoms with Crippen LogP contribution in [0.5, 0.6) is 5.75 Å². The van der Waals surface area contributed by atoms with E-state index < -0.39 is 0 Å². The van der Waals surface area contributed by atoms with E-state index in [4.69, 9.17) is 10.5 Å². The summed E-state index contributed by atoms with van der Waals surface area (Å²) in [4.78, 5) is 0. The van der Waals surface area contributed by atoms with Crippen LogP contribution in [0.1, 0.15) is 25.8 Å². The zero-order chi connectivity index (χ0) is 11.3. The van der Waals surface area contributed by atoms with E-state index >= 15 is 0 Å². The predicted octanol–water partition coefficient (Wildman–Crippen LogP) is 2.75. The first kappa shape index (κ1) is 12.1. The lowest BCUT2D eigenvalue weighted by Gasteiger charge is -2.19. The van der Waals surface area contributed by atoms with Crippen LogP contribution in [0.25, 0.3) is 0 Å². The molecule has 0 saturated carbocycles. The van der Waals surface area contributed by atoms with E-state index in [1.165, 1.54) is 0 Å². The van der Waals surface area contributed by atoms with Crippen molar-refractivity contribution in [1.82, 2.24) is 0 Å². The van der Waals surface area contributed by atoms with Crippen molar-refractivity contribution < 1.29 is 4.74 Å². The minimum Gasteiger partial charge on any atom is -0.492 e. The lowest BCUT2D eigenvalue weighted by Crippen LogP contribution is -2.34. The first-order valence-corrected chi connectivity index (χ1v) is 5.59. The quantitative estimate of drug-likeness (QED) is 0.805. The normalized spacial score (nSPS) is 14.7. The maximum atomic E-state index is 6.00. The van der Waals surface area contributed by atoms with Gasteiger partial charge in [0.25, 0.3) is 0 Å². The molecule has 0 heterocycles. The Labute approximate surface area is 92.4 Å². The van der Waals surface area contributed by atoms with Gasteiger partial charge in [-0.1, -0.05) is 38.5 Å². The smallest absolute Gasteiger partial charge is 0.122 e. The molecule has 0 bridgehead atoms. The molecule has 2 atom stereocenters. The number of para-hydroxylation sites is 1. The van der Waals surface area contributed by atoms with Crippen LogP contribution >= 0.6 is 0 Å². The summed E-state index contributed by atoms with van der Waals surface area (Å²) in [5.41, 5.74) is 7.16. The number of hydrogen-bond donors (Lipinski definition) is 1. The summed E-state index contributed by atoms with van der Waals surface area (Å²) in [5, 5.41) is 0. The molecule has 0 amide bonds. The number of rotatable bonds is 5. The first-order valence-electron chi connectivity index (χ1n) is 5.59. The van der Waals surface area contributed by atoms with Gasteiger partial charge in [-0.2, -0.15) is 0 Å². The highest BCUT2D eigenvalue weighted by Gasteiger charge is 2.11. The van der Waals surface area contributed by atoms with Crippen molar-refractivity contribution in [3.05, 3.63) is 29.8 Å². The van der Waals surface area contributed by atoms with Crippen molar-refractivity contribution >= 4 is 0 Å². The third-order valence-corrected chi connectivity index (χ3v) is 2.90. The SMILES string of the molecule is CCC(C)C(N)COc1ccccc1C. The van der Waals surface area contributed by atoms with Crippen LogP contribution in [0.3, 0.4) is 0 Å². The van der Waals surface area contributed by atoms with Crippen LogP contribution in [0.15, 0.2) is 24.3 Å². The highest BCUT2D eigenvalue weighted by Crippen LogP contribution is 2.17. The maximum Gasteiger partial charge on any atom is 0.122 e. The number of ether oxygens (including phenoxy) is 1. The molecule has 0 aliphatic rings. The summed E-state index contributed by atoms with van der Waals surface area (Å²) in [6.07, 6.45) is 1.10. The molecule has 0 radical (unpaired) electrons. The molecule has 1 rings (SSSR count). The van der Waals surface area contributed by atoms with Gasteiger partial charge in [0, 0.05) is 6.04 Å². The van der Waals surface area contributed by atoms with Gasteiger partial charge in [-0.15, -0.1) is 0 Å². The van der Waals surface area contributed by atoms with Crippen molar-refractivity contribution in [2.24, 2.45) is 11.7 Å². The summed E-state index contributed by atoms with van der Waals surface area (Å²) in [6, 6.07) is 8.14. The minimum atomic E-state index is 0.120. The summed E-state index contributed by atoms with van der Waals surface area (Å²) in [6.45, 7) is 6.95. The fourth-order valence-electron chi connectivity index (χ4n) is 1.37. The molecule has 2 nitrogen and oxygen atoms in total. The van der Waals surface area contributed by atoms with Gasteiger partial charge in [-0.05, 0) is 24.5 Å². The lowest BCUT2D eigenvalue weighted by atomic mass is 10.0. The first-order chi connectivity index (χ1) is 7.15. The lowest BCUT2D eigenvalue weighted by molar-refractivity contribution is 0.249. The topological polar surface area (TPSA) is 35.2 Å². The van der Waals surface area contributed by atoms with Gasteiger partial charge in [0.05, 0.1) is 0 Å². The maximum absolute atomic E-state index is 6.00. The Bertz CT molecular complexity index is 298. The Morgan fingerprint density at radius 2 is 2.00 bits per heavy atom. The van der Waals surface area contributed by atoms with E-state index in [9.17, 15) is 0 Å². The monoisotopic (exact) mass is 207 g/mol. The predicted molar refractivity (Wildman–Crippen MR) is 64.1 cm³/mol. The number of aryl methyl sites for hydroxylation is 1. The summed E-state index contributed by atoms with van der Waals surface area (Å²) in [7, 11) is 0. The second-order valence-corrected chi connectivity index (χ2v) is 4.13. The Balaban J connectivity index is 2.47. The Morgan fingerprint density at radius 3 is 2.60 bits per heavy atom. The fourth-order valence-corrected chi connectivity index (χ4v) is 1.37. The van der Waals surface area contributed by atoms with Gasteiger partial charge < -0.3 is 10.5 Å². The third kappa shape index (κ3) is 3.56. The van der Waals surface area contributed by atoms with Gasteiger partial charge >= 0.3 is 0 Å². The molecule has 0 aromatic heterocycles. The average molecular weight is 207 g/mol. The minimum absolute atomic E-state index is 0.120. The standard InChI is InChI=1S/C13H21NO/c1-4-10(2)12(14)9-15-13-8-6-5-7-11(13)3/h5-8,10,12H,4,9,14H2,1-3H3. The van der Waals surface area contributed by atoms with Crippen molar-refractivity contribution in [2.75, 3.05) is 6.61 Å². The van der Waals surface area contributed by atoms with Gasteiger partial charge in [-0.3, -0.25) is 0 Å². The molecular weight excluding hydrogens is 186 g/mol. The van der Waals surface area contributed by atoms with Crippen LogP contribution in [0, 0.1) is 12.8 Å². The van der Waals surface area contributed by atoms with Crippen molar-refractivity contribution in [3.63, 3.8) is 0 Å². The fraction of sp³-hybridized carbons (Fsp3) is 0.538. The Kier molecular flexibility index (Phi) is 4.63. The highest BCUT2D eigenvalue weighted by molar-refractivity contribution is 5.31. The van der Waals surface area contributed by atoms with Crippen LogP contribution in [0.4, 0.5) is 0 Å². The second-order valence-electron chi connectivity index (χ2n) is 4.13. The number of hydrogen-bond acceptors (Lipinski definition) is 2. The van der Waals surface area contributed by atoms with Crippen molar-refractivity contribution in [1.29, 1.82) is 0 Å². The summed E-state index contributed by atoms with van der Waals surface area (Å²) < 4.78 is 5.70. The van der Waals surface area contributed by atoms with Gasteiger partial charge in [0.2, 0.25) is 0 Å². The van der Waals surface area contributed by atoms with Crippen LogP contribution in [0.2, 0.25) is 0 Å². The highest BCUT2D eigenvalue weighted by atomic mass is 16.5. The molecular formula is C13H21NO. The molecule has 0 aliphatic heterocycles. The zero-order valence-electron chi connectivity index (χ0n) is 9.86. The zero-order valence-corrected chi connectivity index (χ0v) is 9.86. The Morgan fingerprint density at radius 1 is 1.33 bits per heavy atom. The largest absolute Gasteiger partial charge is 0.492 e. The van der Waals surface area contributed by atoms with Gasteiger partial charge in [0.15, 0.2) is 0 Å². The Hall–Kier alpha value is -1.02. The molecule has 15 heavy (non-hydrogen) atoms. The molecule has 84 valence electrons. The molecule has 0 fully saturated rings. The summed E-state index contributed by atoms with van der Waals surface area (Å²) >= 11 is 0. The molecule has 1 aromatic rings. The molecule has 2 N–H and O–H groups in total. The number of benzene rings is 1. The van der Waals surface area contributed by atoms with Gasteiger partial charge in [-0.25, -0.2) is 0 Å². The van der Waals surface area contributed by atoms with E-state index in [0.29, 0.717) is 12.5 Å². The molecule has 0 aliphatic carbocycles. The van der Waals surface area contributed by atoms with Crippen LogP contribution < -0.4 is 10.5 Å². The molecule has 2 unspecified atom stereocenters. The molecule has 1 aromatic carbocycles. The van der Waals surface area contributed by atoms with E-state index in [-0.39, 0.29) is 6.04 Å². The van der Waals surface area contributed by atoms with Gasteiger partial charge in [0.1, 0.15) is 12.4 Å². The van der Waals surface area contributed by atoms with Crippen molar-refractivity contribution in [2.45, 2.75) is 33.2 Å². The summed E-state index contributed by atoms with van der Waals surface area (Å²) in [5.74, 6) is 1.45. The second kappa shape index (κ2) is 5.76. The molecule has 0 spiro atoms. The average Bonchev–Trinajstić information content (AvgIpc) is 2.26. The van der Waals surface area contributed by atoms with E-state index in [0.717, 1.165) is 17.7 Å². The van der Waals surface area contributed by atoms with E-state index in [2.05, 4.69) is 13.8 Å². The molecule has 2 heteroatoms. The van der Waals surface area contributed by atoms with E-state index in [1.807, 2.05) is 31.2 Å². The van der Waals surface area contributed by atoms with Crippen LogP contribution in [-0.4, -0.2) is 12.6 Å². The van der Waals surface area contributed by atoms with E-state index in [1.54, 1.807) is 0 Å². The molecule has 0 saturated heterocycles. The number of nitrogens with two attached hydrogens (primary N) is 1. The third-order valence-electron chi connectivity index (χ3n) is 2.90. The van der Waals surface area contributed by atoms with Crippen molar-refractivity contribution in [3.8, 4) is 5.75 Å². The van der Waals surface area contributed by atoms with Crippen LogP contribution in [-0.2, 0) is 0 Å².